The molecule has 0 aliphatic heterocycles. The highest BCUT2D eigenvalue weighted by molar-refractivity contribution is 7.89. The van der Waals surface area contributed by atoms with E-state index in [0.29, 0.717) is 13.1 Å². The maximum atomic E-state index is 11.9. The van der Waals surface area contributed by atoms with E-state index in [4.69, 9.17) is 5.73 Å². The average molecular weight is 260 g/mol. The lowest BCUT2D eigenvalue weighted by Crippen LogP contribution is -2.25. The van der Waals surface area contributed by atoms with Gasteiger partial charge in [0.15, 0.2) is 0 Å². The summed E-state index contributed by atoms with van der Waals surface area (Å²) in [6.07, 6.45) is 3.91. The Morgan fingerprint density at radius 3 is 2.71 bits per heavy atom. The van der Waals surface area contributed by atoms with E-state index in [1.165, 1.54) is 10.9 Å². The van der Waals surface area contributed by atoms with Gasteiger partial charge in [-0.05, 0) is 12.8 Å². The largest absolute Gasteiger partial charge is 0.383 e. The number of nitrogens with one attached hydrogen (secondary N) is 1. The summed E-state index contributed by atoms with van der Waals surface area (Å²) in [6.45, 7) is 5.03. The lowest BCUT2D eigenvalue weighted by Gasteiger charge is -2.06. The molecule has 1 aromatic heterocycles. The Kier molecular flexibility index (Phi) is 4.95. The molecular weight excluding hydrogens is 240 g/mol. The minimum Gasteiger partial charge on any atom is -0.383 e. The van der Waals surface area contributed by atoms with Crippen molar-refractivity contribution in [3.05, 3.63) is 6.20 Å². The third kappa shape index (κ3) is 3.44. The monoisotopic (exact) mass is 260 g/mol. The fourth-order valence-corrected chi connectivity index (χ4v) is 2.57. The van der Waals surface area contributed by atoms with Crippen molar-refractivity contribution in [2.24, 2.45) is 0 Å². The van der Waals surface area contributed by atoms with Gasteiger partial charge >= 0.3 is 0 Å². The smallest absolute Gasteiger partial charge is 0.245 e. The Morgan fingerprint density at radius 1 is 1.41 bits per heavy atom. The average Bonchev–Trinajstić information content (AvgIpc) is 2.62. The van der Waals surface area contributed by atoms with E-state index in [9.17, 15) is 8.42 Å². The molecule has 17 heavy (non-hydrogen) atoms. The summed E-state index contributed by atoms with van der Waals surface area (Å²) in [5, 5.41) is 3.97. The van der Waals surface area contributed by atoms with Gasteiger partial charge in [0.05, 0.1) is 6.20 Å². The first-order chi connectivity index (χ1) is 8.03. The van der Waals surface area contributed by atoms with Crippen LogP contribution in [-0.2, 0) is 16.6 Å². The summed E-state index contributed by atoms with van der Waals surface area (Å²) in [6, 6.07) is 0. The van der Waals surface area contributed by atoms with Gasteiger partial charge in [-0.1, -0.05) is 20.3 Å². The molecule has 1 aromatic rings. The molecule has 0 saturated heterocycles. The summed E-state index contributed by atoms with van der Waals surface area (Å²) in [5.74, 6) is 0.204. The van der Waals surface area contributed by atoms with E-state index in [1.807, 2.05) is 13.8 Å². The maximum absolute atomic E-state index is 11.9. The Labute approximate surface area is 102 Å². The Morgan fingerprint density at radius 2 is 2.12 bits per heavy atom. The van der Waals surface area contributed by atoms with Crippen LogP contribution < -0.4 is 10.5 Å². The van der Waals surface area contributed by atoms with Gasteiger partial charge in [-0.25, -0.2) is 17.8 Å². The number of hydrogen-bond acceptors (Lipinski definition) is 4. The molecule has 0 atom stereocenters. The fraction of sp³-hybridized carbons (Fsp3) is 0.700. The topological polar surface area (TPSA) is 90.0 Å². The van der Waals surface area contributed by atoms with Crippen molar-refractivity contribution in [1.82, 2.24) is 14.5 Å². The quantitative estimate of drug-likeness (QED) is 0.714. The van der Waals surface area contributed by atoms with Gasteiger partial charge in [0.25, 0.3) is 0 Å². The van der Waals surface area contributed by atoms with Crippen LogP contribution in [0.25, 0.3) is 0 Å². The summed E-state index contributed by atoms with van der Waals surface area (Å²) in [5.41, 5.74) is 5.76. The summed E-state index contributed by atoms with van der Waals surface area (Å²) in [4.78, 5) is 0.0713. The number of nitrogen functional groups attached to an aromatic ring is 1. The minimum atomic E-state index is -3.52. The Hall–Kier alpha value is -1.08. The van der Waals surface area contributed by atoms with E-state index in [0.717, 1.165) is 19.3 Å². The number of aryl methyl sites for hydroxylation is 1. The van der Waals surface area contributed by atoms with Crippen LogP contribution >= 0.6 is 0 Å². The van der Waals surface area contributed by atoms with E-state index in [2.05, 4.69) is 9.82 Å². The zero-order chi connectivity index (χ0) is 12.9. The zero-order valence-electron chi connectivity index (χ0n) is 10.3. The molecule has 0 aliphatic rings. The first-order valence-electron chi connectivity index (χ1n) is 5.83. The molecule has 0 aromatic carbocycles. The van der Waals surface area contributed by atoms with E-state index < -0.39 is 10.0 Å². The van der Waals surface area contributed by atoms with Gasteiger partial charge in [-0.3, -0.25) is 0 Å². The first kappa shape index (κ1) is 14.0. The molecule has 6 nitrogen and oxygen atoms in total. The second-order valence-electron chi connectivity index (χ2n) is 3.87. The third-order valence-electron chi connectivity index (χ3n) is 2.39. The molecule has 0 radical (unpaired) electrons. The van der Waals surface area contributed by atoms with Crippen LogP contribution in [0.1, 0.15) is 33.1 Å². The van der Waals surface area contributed by atoms with Crippen LogP contribution in [0.2, 0.25) is 0 Å². The number of nitrogens with two attached hydrogens (primary N) is 1. The molecule has 0 bridgehead atoms. The normalized spacial score (nSPS) is 11.9. The molecule has 0 saturated carbocycles. The van der Waals surface area contributed by atoms with Crippen LogP contribution in [0.15, 0.2) is 11.1 Å². The van der Waals surface area contributed by atoms with Gasteiger partial charge in [0.2, 0.25) is 10.0 Å². The molecule has 0 aliphatic carbocycles. The maximum Gasteiger partial charge on any atom is 0.245 e. The number of aromatic nitrogens is 2. The number of unbranched alkanes of at least 4 members (excludes halogenated alkanes) is 1. The molecule has 98 valence electrons. The highest BCUT2D eigenvalue weighted by Crippen LogP contribution is 2.17. The highest BCUT2D eigenvalue weighted by atomic mass is 32.2. The van der Waals surface area contributed by atoms with Gasteiger partial charge in [0, 0.05) is 13.1 Å². The molecule has 3 N–H and O–H groups in total. The van der Waals surface area contributed by atoms with Crippen LogP contribution in [0.4, 0.5) is 5.82 Å². The van der Waals surface area contributed by atoms with Crippen LogP contribution in [0, 0.1) is 0 Å². The van der Waals surface area contributed by atoms with Crippen LogP contribution in [0.5, 0.6) is 0 Å². The van der Waals surface area contributed by atoms with Gasteiger partial charge in [-0.15, -0.1) is 0 Å². The van der Waals surface area contributed by atoms with Gasteiger partial charge < -0.3 is 5.73 Å². The second-order valence-corrected chi connectivity index (χ2v) is 5.60. The zero-order valence-corrected chi connectivity index (χ0v) is 11.1. The van der Waals surface area contributed by atoms with Crippen molar-refractivity contribution in [3.63, 3.8) is 0 Å². The van der Waals surface area contributed by atoms with Crippen molar-refractivity contribution in [2.45, 2.75) is 44.6 Å². The van der Waals surface area contributed by atoms with E-state index >= 15 is 0 Å². The van der Waals surface area contributed by atoms with Crippen molar-refractivity contribution < 1.29 is 8.42 Å². The summed E-state index contributed by atoms with van der Waals surface area (Å²) in [7, 11) is -3.52. The molecule has 1 rings (SSSR count). The predicted octanol–water partition coefficient (Wildman–Crippen LogP) is 0.954. The highest BCUT2D eigenvalue weighted by Gasteiger charge is 2.20. The lowest BCUT2D eigenvalue weighted by molar-refractivity contribution is 0.578. The standard InChI is InChI=1S/C10H20N4O2S/c1-3-5-6-13-17(15,16)9-8-12-14(7-4-2)10(9)11/h8,13H,3-7,11H2,1-2H3. The van der Waals surface area contributed by atoms with Crippen LogP contribution in [-0.4, -0.2) is 24.7 Å². The molecule has 0 amide bonds. The van der Waals surface area contributed by atoms with Crippen molar-refractivity contribution in [1.29, 1.82) is 0 Å². The Bertz CT molecular complexity index is 453. The summed E-state index contributed by atoms with van der Waals surface area (Å²) >= 11 is 0. The number of anilines is 1. The first-order valence-corrected chi connectivity index (χ1v) is 7.32. The second kappa shape index (κ2) is 6.02. The number of hydrogen-bond donors (Lipinski definition) is 2. The molecule has 1 heterocycles. The lowest BCUT2D eigenvalue weighted by atomic mass is 10.3. The Balaban J connectivity index is 2.84. The number of sulfonamides is 1. The van der Waals surface area contributed by atoms with Crippen molar-refractivity contribution >= 4 is 15.8 Å². The molecule has 7 heteroatoms. The third-order valence-corrected chi connectivity index (χ3v) is 3.87. The SMILES string of the molecule is CCCCNS(=O)(=O)c1cnn(CCC)c1N. The van der Waals surface area contributed by atoms with E-state index in [1.54, 1.807) is 0 Å². The summed E-state index contributed by atoms with van der Waals surface area (Å²) < 4.78 is 27.8. The molecule has 0 unspecified atom stereocenters. The molecular formula is C10H20N4O2S. The predicted molar refractivity (Wildman–Crippen MR) is 67.0 cm³/mol. The molecule has 0 fully saturated rings. The van der Waals surface area contributed by atoms with Crippen LogP contribution in [0.3, 0.4) is 0 Å². The van der Waals surface area contributed by atoms with Gasteiger partial charge in [-0.2, -0.15) is 5.10 Å². The van der Waals surface area contributed by atoms with Crippen molar-refractivity contribution in [3.8, 4) is 0 Å². The minimum absolute atomic E-state index is 0.0713. The van der Waals surface area contributed by atoms with Crippen molar-refractivity contribution in [2.75, 3.05) is 12.3 Å². The molecule has 0 spiro atoms. The van der Waals surface area contributed by atoms with Gasteiger partial charge in [0.1, 0.15) is 10.7 Å². The fourth-order valence-electron chi connectivity index (χ4n) is 1.44. The van der Waals surface area contributed by atoms with E-state index in [-0.39, 0.29) is 10.7 Å². The number of rotatable bonds is 7. The number of nitrogens with zero attached hydrogens (tertiary/aromatic N) is 2.